The molecule has 0 aromatic heterocycles. The van der Waals surface area contributed by atoms with Crippen LogP contribution in [0.5, 0.6) is 0 Å². The number of hydrogen-bond donors (Lipinski definition) is 0. The molecule has 0 fully saturated rings. The van der Waals surface area contributed by atoms with E-state index in [1.165, 1.54) is 0 Å². The van der Waals surface area contributed by atoms with Crippen molar-refractivity contribution < 1.29 is 13.2 Å². The van der Waals surface area contributed by atoms with Crippen molar-refractivity contribution in [3.63, 3.8) is 0 Å². The summed E-state index contributed by atoms with van der Waals surface area (Å²) in [5, 5.41) is 0. The number of benzene rings is 2. The van der Waals surface area contributed by atoms with Gasteiger partial charge in [0.1, 0.15) is 5.75 Å². The highest BCUT2D eigenvalue weighted by molar-refractivity contribution is 9.10. The van der Waals surface area contributed by atoms with Crippen molar-refractivity contribution in [2.24, 2.45) is 0 Å². The Morgan fingerprint density at radius 2 is 1.67 bits per heavy atom. The number of carbonyl (C=O) groups excluding carboxylic acids is 1. The predicted molar refractivity (Wildman–Crippen MR) is 87.1 cm³/mol. The van der Waals surface area contributed by atoms with Crippen molar-refractivity contribution >= 4 is 31.6 Å². The second-order valence-corrected chi connectivity index (χ2v) is 7.78. The van der Waals surface area contributed by atoms with E-state index in [2.05, 4.69) is 15.9 Å². The van der Waals surface area contributed by atoms with Gasteiger partial charge in [-0.3, -0.25) is 4.79 Å². The molecule has 5 heteroatoms. The van der Waals surface area contributed by atoms with Gasteiger partial charge < -0.3 is 0 Å². The summed E-state index contributed by atoms with van der Waals surface area (Å²) in [5.74, 6) is -0.990. The van der Waals surface area contributed by atoms with Crippen LogP contribution < -0.4 is 0 Å². The minimum atomic E-state index is -3.49. The van der Waals surface area contributed by atoms with E-state index in [1.807, 2.05) is 19.1 Å². The lowest BCUT2D eigenvalue weighted by Gasteiger charge is -2.07. The summed E-state index contributed by atoms with van der Waals surface area (Å²) in [6.07, 6.45) is 0. The van der Waals surface area contributed by atoms with Crippen LogP contribution in [0.4, 0.5) is 0 Å². The van der Waals surface area contributed by atoms with E-state index in [9.17, 15) is 13.2 Å². The molecule has 0 aliphatic rings. The molecule has 0 N–H and O–H groups in total. The summed E-state index contributed by atoms with van der Waals surface area (Å²) in [6, 6.07) is 14.1. The lowest BCUT2D eigenvalue weighted by molar-refractivity contribution is 0.102. The van der Waals surface area contributed by atoms with Gasteiger partial charge in [-0.2, -0.15) is 0 Å². The summed E-state index contributed by atoms with van der Waals surface area (Å²) in [7, 11) is -3.49. The first-order chi connectivity index (χ1) is 9.89. The lowest BCUT2D eigenvalue weighted by atomic mass is 10.1. The second kappa shape index (κ2) is 6.54. The maximum absolute atomic E-state index is 12.2. The van der Waals surface area contributed by atoms with Crippen LogP contribution in [0.3, 0.4) is 0 Å². The highest BCUT2D eigenvalue weighted by Crippen LogP contribution is 2.18. The van der Waals surface area contributed by atoms with Crippen molar-refractivity contribution in [3.05, 3.63) is 69.7 Å². The molecule has 2 rings (SSSR count). The summed E-state index contributed by atoms with van der Waals surface area (Å²) >= 11 is 3.27. The van der Waals surface area contributed by atoms with Crippen molar-refractivity contribution in [2.75, 3.05) is 5.75 Å². The fourth-order valence-electron chi connectivity index (χ4n) is 2.02. The summed E-state index contributed by atoms with van der Waals surface area (Å²) < 4.78 is 25.0. The third-order valence-corrected chi connectivity index (χ3v) is 5.31. The van der Waals surface area contributed by atoms with Crippen LogP contribution in [0.2, 0.25) is 0 Å². The van der Waals surface area contributed by atoms with Gasteiger partial charge in [-0.05, 0) is 24.1 Å². The number of ketones is 1. The van der Waals surface area contributed by atoms with Crippen molar-refractivity contribution in [1.82, 2.24) is 0 Å². The number of halogens is 1. The molecule has 0 bridgehead atoms. The summed E-state index contributed by atoms with van der Waals surface area (Å²) in [6.45, 7) is 1.86. The van der Waals surface area contributed by atoms with E-state index in [-0.39, 0.29) is 5.75 Å². The Bertz CT molecular complexity index is 767. The third-order valence-electron chi connectivity index (χ3n) is 3.16. The largest absolute Gasteiger partial charge is 0.293 e. The average molecular weight is 367 g/mol. The molecule has 21 heavy (non-hydrogen) atoms. The molecule has 2 aromatic carbocycles. The molecular weight excluding hydrogens is 352 g/mol. The number of carbonyl (C=O) groups is 1. The zero-order valence-corrected chi connectivity index (χ0v) is 13.9. The normalized spacial score (nSPS) is 11.3. The van der Waals surface area contributed by atoms with E-state index in [4.69, 9.17) is 0 Å². The highest BCUT2D eigenvalue weighted by atomic mass is 79.9. The van der Waals surface area contributed by atoms with Crippen molar-refractivity contribution in [2.45, 2.75) is 12.7 Å². The number of hydrogen-bond acceptors (Lipinski definition) is 3. The molecule has 0 aliphatic carbocycles. The van der Waals surface area contributed by atoms with Crippen LogP contribution in [0, 0.1) is 6.92 Å². The molecule has 0 amide bonds. The number of rotatable bonds is 5. The minimum Gasteiger partial charge on any atom is -0.293 e. The number of sulfone groups is 1. The van der Waals surface area contributed by atoms with Gasteiger partial charge >= 0.3 is 0 Å². The van der Waals surface area contributed by atoms with Crippen LogP contribution in [0.15, 0.2) is 53.0 Å². The molecule has 0 unspecified atom stereocenters. The third kappa shape index (κ3) is 4.25. The highest BCUT2D eigenvalue weighted by Gasteiger charge is 2.20. The molecule has 2 aromatic rings. The second-order valence-electron chi connectivity index (χ2n) is 4.86. The fourth-order valence-corrected chi connectivity index (χ4v) is 3.99. The van der Waals surface area contributed by atoms with E-state index >= 15 is 0 Å². The Morgan fingerprint density at radius 3 is 2.33 bits per heavy atom. The zero-order chi connectivity index (χ0) is 15.5. The minimum absolute atomic E-state index is 0.115. The molecule has 0 radical (unpaired) electrons. The smallest absolute Gasteiger partial charge is 0.179 e. The van der Waals surface area contributed by atoms with Crippen LogP contribution in [-0.4, -0.2) is 20.0 Å². The van der Waals surface area contributed by atoms with E-state index in [1.54, 1.807) is 36.4 Å². The molecule has 3 nitrogen and oxygen atoms in total. The topological polar surface area (TPSA) is 51.2 Å². The van der Waals surface area contributed by atoms with E-state index in [0.717, 1.165) is 11.1 Å². The van der Waals surface area contributed by atoms with Gasteiger partial charge in [0.15, 0.2) is 15.6 Å². The molecule has 0 aliphatic heterocycles. The van der Waals surface area contributed by atoms with Crippen molar-refractivity contribution in [3.8, 4) is 0 Å². The zero-order valence-electron chi connectivity index (χ0n) is 11.5. The van der Waals surface area contributed by atoms with Gasteiger partial charge in [-0.1, -0.05) is 58.4 Å². The Kier molecular flexibility index (Phi) is 4.96. The maximum Gasteiger partial charge on any atom is 0.179 e. The summed E-state index contributed by atoms with van der Waals surface area (Å²) in [4.78, 5) is 12.1. The van der Waals surface area contributed by atoms with Gasteiger partial charge in [0.2, 0.25) is 0 Å². The SMILES string of the molecule is Cc1ccccc1CS(=O)(=O)CC(=O)c1ccccc1Br. The van der Waals surface area contributed by atoms with Gasteiger partial charge in [-0.25, -0.2) is 8.42 Å². The average Bonchev–Trinajstić information content (AvgIpc) is 2.41. The molecule has 0 atom stereocenters. The Labute approximate surface area is 133 Å². The van der Waals surface area contributed by atoms with E-state index in [0.29, 0.717) is 10.0 Å². The molecular formula is C16H15BrO3S. The Balaban J connectivity index is 2.17. The summed E-state index contributed by atoms with van der Waals surface area (Å²) in [5.41, 5.74) is 2.04. The standard InChI is InChI=1S/C16H15BrO3S/c1-12-6-2-3-7-13(12)10-21(19,20)11-16(18)14-8-4-5-9-15(14)17/h2-9H,10-11H2,1H3. The van der Waals surface area contributed by atoms with Gasteiger partial charge in [-0.15, -0.1) is 0 Å². The Morgan fingerprint density at radius 1 is 1.05 bits per heavy atom. The first-order valence-corrected chi connectivity index (χ1v) is 9.03. The Hall–Kier alpha value is -1.46. The van der Waals surface area contributed by atoms with Crippen LogP contribution >= 0.6 is 15.9 Å². The maximum atomic E-state index is 12.2. The molecule has 110 valence electrons. The van der Waals surface area contributed by atoms with Gasteiger partial charge in [0.25, 0.3) is 0 Å². The lowest BCUT2D eigenvalue weighted by Crippen LogP contribution is -2.18. The van der Waals surface area contributed by atoms with Crippen LogP contribution in [-0.2, 0) is 15.6 Å². The van der Waals surface area contributed by atoms with E-state index < -0.39 is 21.4 Å². The number of Topliss-reactive ketones (excluding diaryl/α,β-unsaturated/α-hetero) is 1. The van der Waals surface area contributed by atoms with Gasteiger partial charge in [0, 0.05) is 10.0 Å². The quantitative estimate of drug-likeness (QED) is 0.760. The van der Waals surface area contributed by atoms with Crippen LogP contribution in [0.1, 0.15) is 21.5 Å². The molecule has 0 saturated carbocycles. The number of aryl methyl sites for hydroxylation is 1. The molecule has 0 saturated heterocycles. The fraction of sp³-hybridized carbons (Fsp3) is 0.188. The van der Waals surface area contributed by atoms with Crippen molar-refractivity contribution in [1.29, 1.82) is 0 Å². The molecule has 0 spiro atoms. The monoisotopic (exact) mass is 366 g/mol. The first kappa shape index (κ1) is 15.9. The predicted octanol–water partition coefficient (Wildman–Crippen LogP) is 3.56. The molecule has 0 heterocycles. The first-order valence-electron chi connectivity index (χ1n) is 6.42. The van der Waals surface area contributed by atoms with Gasteiger partial charge in [0.05, 0.1) is 5.75 Å². The van der Waals surface area contributed by atoms with Crippen LogP contribution in [0.25, 0.3) is 0 Å².